The lowest BCUT2D eigenvalue weighted by molar-refractivity contribution is 1.10. The molecule has 0 aliphatic carbocycles. The van der Waals surface area contributed by atoms with E-state index in [9.17, 15) is 0 Å². The topological polar surface area (TPSA) is 38.9 Å². The molecule has 2 N–H and O–H groups in total. The van der Waals surface area contributed by atoms with Crippen molar-refractivity contribution in [3.63, 3.8) is 0 Å². The molecule has 0 unspecified atom stereocenters. The molecular weight excluding hydrogens is 208 g/mol. The van der Waals surface area contributed by atoms with E-state index in [2.05, 4.69) is 31.8 Å². The molecule has 1 aromatic carbocycles. The summed E-state index contributed by atoms with van der Waals surface area (Å²) in [6.07, 6.45) is 2.81. The monoisotopic (exact) mass is 230 g/mol. The maximum Gasteiger partial charge on any atom is 0.131 e. The number of anilines is 1. The quantitative estimate of drug-likeness (QED) is 0.803. The van der Waals surface area contributed by atoms with Crippen LogP contribution in [0.5, 0.6) is 0 Å². The van der Waals surface area contributed by atoms with E-state index < -0.39 is 0 Å². The van der Waals surface area contributed by atoms with Gasteiger partial charge in [-0.3, -0.25) is 0 Å². The van der Waals surface area contributed by atoms with E-state index in [0.29, 0.717) is 5.82 Å². The van der Waals surface area contributed by atoms with Crippen molar-refractivity contribution < 1.29 is 0 Å². The second-order valence-electron chi connectivity index (χ2n) is 3.93. The second kappa shape index (κ2) is 5.67. The summed E-state index contributed by atoms with van der Waals surface area (Å²) in [7, 11) is 0. The van der Waals surface area contributed by atoms with Crippen molar-refractivity contribution in [2.75, 3.05) is 5.73 Å². The minimum atomic E-state index is 0.630. The average Bonchev–Trinajstić information content (AvgIpc) is 2.37. The predicted molar refractivity (Wildman–Crippen MR) is 76.4 cm³/mol. The van der Waals surface area contributed by atoms with Crippen molar-refractivity contribution in [2.24, 2.45) is 0 Å². The third kappa shape index (κ3) is 2.41. The summed E-state index contributed by atoms with van der Waals surface area (Å²) in [4.78, 5) is 4.13. The van der Waals surface area contributed by atoms with Crippen LogP contribution in [0, 0.1) is 13.8 Å². The van der Waals surface area contributed by atoms with E-state index in [-0.39, 0.29) is 0 Å². The number of nitrogens with zero attached hydrogens (tertiary/aromatic N) is 1. The number of aryl methyl sites for hydroxylation is 2. The van der Waals surface area contributed by atoms with Crippen LogP contribution >= 0.6 is 0 Å². The van der Waals surface area contributed by atoms with E-state index in [4.69, 9.17) is 5.73 Å². The number of aromatic nitrogens is 1. The molecule has 2 heteroatoms. The minimum Gasteiger partial charge on any atom is -0.383 e. The zero-order valence-electron chi connectivity index (χ0n) is 11.5. The van der Waals surface area contributed by atoms with Gasteiger partial charge in [0.15, 0.2) is 0 Å². The van der Waals surface area contributed by atoms with E-state index in [1.165, 1.54) is 22.1 Å². The number of pyridine rings is 1. The summed E-state index contributed by atoms with van der Waals surface area (Å²) in [5.74, 6) is 0.630. The summed E-state index contributed by atoms with van der Waals surface area (Å²) < 4.78 is 0. The first-order valence-corrected chi connectivity index (χ1v) is 6.28. The number of benzene rings is 1. The summed E-state index contributed by atoms with van der Waals surface area (Å²) in [5, 5.41) is 2.30. The Morgan fingerprint density at radius 1 is 1.12 bits per heavy atom. The van der Waals surface area contributed by atoms with Crippen LogP contribution in [-0.4, -0.2) is 4.98 Å². The highest BCUT2D eigenvalue weighted by molar-refractivity contribution is 5.94. The molecule has 92 valence electrons. The number of nitrogen functional groups attached to an aromatic ring is 1. The third-order valence-electron chi connectivity index (χ3n) is 3.17. The molecule has 0 saturated heterocycles. The molecule has 0 spiro atoms. The largest absolute Gasteiger partial charge is 0.383 e. The maximum absolute atomic E-state index is 5.89. The molecule has 2 rings (SSSR count). The number of hydrogen-bond acceptors (Lipinski definition) is 2. The fourth-order valence-electron chi connectivity index (χ4n) is 2.06. The van der Waals surface area contributed by atoms with Crippen molar-refractivity contribution in [2.45, 2.75) is 41.0 Å². The molecule has 17 heavy (non-hydrogen) atoms. The second-order valence-corrected chi connectivity index (χ2v) is 3.93. The Kier molecular flexibility index (Phi) is 4.50. The van der Waals surface area contributed by atoms with Crippen LogP contribution in [0.3, 0.4) is 0 Å². The number of fused-ring (bicyclic) bond motifs is 1. The van der Waals surface area contributed by atoms with Gasteiger partial charge in [0, 0.05) is 11.6 Å². The molecule has 0 aliphatic heterocycles. The summed E-state index contributed by atoms with van der Waals surface area (Å²) in [6.45, 7) is 10.5. The molecular formula is C15H22N2. The smallest absolute Gasteiger partial charge is 0.131 e. The number of nitrogens with two attached hydrogens (primary N) is 1. The van der Waals surface area contributed by atoms with E-state index in [1.54, 1.807) is 6.20 Å². The van der Waals surface area contributed by atoms with Gasteiger partial charge in [-0.25, -0.2) is 4.98 Å². The Bertz CT molecular complexity index is 516. The lowest BCUT2D eigenvalue weighted by Gasteiger charge is -2.11. The van der Waals surface area contributed by atoms with Crippen molar-refractivity contribution >= 4 is 16.6 Å². The third-order valence-corrected chi connectivity index (χ3v) is 3.17. The molecule has 0 bridgehead atoms. The molecule has 2 nitrogen and oxygen atoms in total. The first-order valence-electron chi connectivity index (χ1n) is 6.28. The Balaban J connectivity index is 0.000000686. The molecule has 0 fully saturated rings. The van der Waals surface area contributed by atoms with E-state index >= 15 is 0 Å². The highest BCUT2D eigenvalue weighted by Gasteiger charge is 2.07. The summed E-state index contributed by atoms with van der Waals surface area (Å²) >= 11 is 0. The number of hydrogen-bond donors (Lipinski definition) is 1. The van der Waals surface area contributed by atoms with E-state index in [0.717, 1.165) is 11.8 Å². The predicted octanol–water partition coefficient (Wildman–Crippen LogP) is 4.02. The minimum absolute atomic E-state index is 0.630. The summed E-state index contributed by atoms with van der Waals surface area (Å²) in [6, 6.07) is 4.20. The summed E-state index contributed by atoms with van der Waals surface area (Å²) in [5.41, 5.74) is 9.94. The Morgan fingerprint density at radius 3 is 2.35 bits per heavy atom. The van der Waals surface area contributed by atoms with Crippen LogP contribution in [0.2, 0.25) is 0 Å². The fraction of sp³-hybridized carbons (Fsp3) is 0.400. The van der Waals surface area contributed by atoms with Gasteiger partial charge < -0.3 is 5.73 Å². The Hall–Kier alpha value is -1.57. The maximum atomic E-state index is 5.89. The Morgan fingerprint density at radius 2 is 1.76 bits per heavy atom. The van der Waals surface area contributed by atoms with Gasteiger partial charge in [0.25, 0.3) is 0 Å². The van der Waals surface area contributed by atoms with Crippen LogP contribution in [-0.2, 0) is 6.42 Å². The Labute approximate surface area is 104 Å². The lowest BCUT2D eigenvalue weighted by atomic mass is 9.95. The zero-order valence-corrected chi connectivity index (χ0v) is 11.5. The standard InChI is InChI=1S/C13H16N2.C2H6/c1-4-10-7-12-11(9(3)8(10)2)5-6-15-13(12)14;1-2/h5-7H,4H2,1-3H3,(H2,14,15);1-2H3. The fourth-order valence-corrected chi connectivity index (χ4v) is 2.06. The lowest BCUT2D eigenvalue weighted by Crippen LogP contribution is -1.97. The first-order chi connectivity index (χ1) is 8.15. The van der Waals surface area contributed by atoms with Crippen molar-refractivity contribution in [1.29, 1.82) is 0 Å². The molecule has 0 amide bonds. The normalized spacial score (nSPS) is 9.94. The van der Waals surface area contributed by atoms with Gasteiger partial charge in [0.2, 0.25) is 0 Å². The number of rotatable bonds is 1. The van der Waals surface area contributed by atoms with Gasteiger partial charge in [-0.2, -0.15) is 0 Å². The molecule has 0 atom stereocenters. The highest BCUT2D eigenvalue weighted by atomic mass is 14.8. The van der Waals surface area contributed by atoms with Crippen LogP contribution in [0.4, 0.5) is 5.82 Å². The van der Waals surface area contributed by atoms with Crippen LogP contribution in [0.1, 0.15) is 37.5 Å². The van der Waals surface area contributed by atoms with E-state index in [1.807, 2.05) is 19.9 Å². The van der Waals surface area contributed by atoms with Crippen LogP contribution < -0.4 is 5.73 Å². The highest BCUT2D eigenvalue weighted by Crippen LogP contribution is 2.27. The molecule has 0 saturated carbocycles. The van der Waals surface area contributed by atoms with Crippen LogP contribution in [0.25, 0.3) is 10.8 Å². The molecule has 0 aliphatic rings. The molecule has 0 radical (unpaired) electrons. The SMILES string of the molecule is CC.CCc1cc2c(N)nccc2c(C)c1C. The molecule has 1 heterocycles. The van der Waals surface area contributed by atoms with Crippen molar-refractivity contribution in [3.8, 4) is 0 Å². The van der Waals surface area contributed by atoms with Gasteiger partial charge in [-0.1, -0.05) is 20.8 Å². The van der Waals surface area contributed by atoms with Crippen molar-refractivity contribution in [3.05, 3.63) is 35.0 Å². The van der Waals surface area contributed by atoms with Gasteiger partial charge in [-0.15, -0.1) is 0 Å². The first kappa shape index (κ1) is 13.5. The van der Waals surface area contributed by atoms with Crippen molar-refractivity contribution in [1.82, 2.24) is 4.98 Å². The van der Waals surface area contributed by atoms with Gasteiger partial charge in [0.1, 0.15) is 5.82 Å². The van der Waals surface area contributed by atoms with Crippen LogP contribution in [0.15, 0.2) is 18.3 Å². The van der Waals surface area contributed by atoms with Gasteiger partial charge in [0.05, 0.1) is 0 Å². The zero-order chi connectivity index (χ0) is 13.0. The molecule has 1 aromatic heterocycles. The van der Waals surface area contributed by atoms with Gasteiger partial charge in [-0.05, 0) is 54.5 Å². The van der Waals surface area contributed by atoms with Gasteiger partial charge >= 0.3 is 0 Å². The average molecular weight is 230 g/mol. The molecule has 2 aromatic rings.